The average Bonchev–Trinajstić information content (AvgIpc) is 3.10. The summed E-state index contributed by atoms with van der Waals surface area (Å²) in [4.78, 5) is 32.0. The first-order chi connectivity index (χ1) is 11.0. The van der Waals surface area contributed by atoms with Gasteiger partial charge in [0, 0.05) is 7.05 Å². The van der Waals surface area contributed by atoms with E-state index in [1.807, 2.05) is 0 Å². The van der Waals surface area contributed by atoms with Crippen LogP contribution < -0.4 is 5.32 Å². The van der Waals surface area contributed by atoms with E-state index >= 15 is 0 Å². The molecule has 3 aromatic rings. The van der Waals surface area contributed by atoms with Crippen molar-refractivity contribution in [3.8, 4) is 0 Å². The van der Waals surface area contributed by atoms with E-state index in [2.05, 4.69) is 20.0 Å². The molecule has 118 valence electrons. The van der Waals surface area contributed by atoms with Crippen LogP contribution in [0.4, 0.5) is 5.95 Å². The third-order valence-electron chi connectivity index (χ3n) is 3.48. The number of imidazole rings is 1. The van der Waals surface area contributed by atoms with E-state index in [1.165, 1.54) is 13.5 Å². The topological polar surface area (TPSA) is 99.2 Å². The van der Waals surface area contributed by atoms with Gasteiger partial charge in [0.15, 0.2) is 6.39 Å². The second kappa shape index (κ2) is 5.56. The Hall–Kier alpha value is -3.16. The minimum absolute atomic E-state index is 0.132. The van der Waals surface area contributed by atoms with Crippen LogP contribution in [0, 0.1) is 6.92 Å². The van der Waals surface area contributed by atoms with Crippen molar-refractivity contribution in [1.29, 1.82) is 0 Å². The maximum absolute atomic E-state index is 12.2. The number of fused-ring (bicyclic) bond motifs is 1. The highest BCUT2D eigenvalue weighted by molar-refractivity contribution is 6.03. The number of anilines is 1. The van der Waals surface area contributed by atoms with Crippen molar-refractivity contribution >= 4 is 28.9 Å². The monoisotopic (exact) mass is 314 g/mol. The Morgan fingerprint density at radius 2 is 2.13 bits per heavy atom. The molecule has 0 bridgehead atoms. The molecule has 0 fully saturated rings. The summed E-state index contributed by atoms with van der Waals surface area (Å²) in [5.74, 6) is -0.415. The van der Waals surface area contributed by atoms with Gasteiger partial charge in [0.25, 0.3) is 5.91 Å². The number of aromatic nitrogens is 3. The number of hydrogen-bond acceptors (Lipinski definition) is 6. The summed E-state index contributed by atoms with van der Waals surface area (Å²) in [6.45, 7) is 1.68. The van der Waals surface area contributed by atoms with Gasteiger partial charge in [-0.1, -0.05) is 0 Å². The molecule has 0 radical (unpaired) electrons. The third-order valence-corrected chi connectivity index (χ3v) is 3.48. The molecule has 23 heavy (non-hydrogen) atoms. The lowest BCUT2D eigenvalue weighted by Gasteiger charge is -2.03. The van der Waals surface area contributed by atoms with Crippen LogP contribution >= 0.6 is 0 Å². The maximum atomic E-state index is 12.2. The van der Waals surface area contributed by atoms with E-state index in [4.69, 9.17) is 4.42 Å². The fraction of sp³-hybridized carbons (Fsp3) is 0.200. The molecular weight excluding hydrogens is 300 g/mol. The zero-order valence-electron chi connectivity index (χ0n) is 12.8. The van der Waals surface area contributed by atoms with Crippen molar-refractivity contribution in [2.24, 2.45) is 7.05 Å². The van der Waals surface area contributed by atoms with Crippen LogP contribution in [-0.2, 0) is 11.8 Å². The maximum Gasteiger partial charge on any atom is 0.337 e. The van der Waals surface area contributed by atoms with Gasteiger partial charge >= 0.3 is 5.97 Å². The number of hydrogen-bond donors (Lipinski definition) is 1. The number of ether oxygens (including phenoxy) is 1. The third kappa shape index (κ3) is 2.54. The van der Waals surface area contributed by atoms with Crippen LogP contribution in [-0.4, -0.2) is 33.5 Å². The molecule has 3 rings (SSSR count). The zero-order chi connectivity index (χ0) is 16.6. The number of carbonyl (C=O) groups is 2. The summed E-state index contributed by atoms with van der Waals surface area (Å²) in [6.07, 6.45) is 1.21. The number of carbonyl (C=O) groups excluding carboxylic acids is 2. The van der Waals surface area contributed by atoms with Crippen LogP contribution in [0.1, 0.15) is 26.6 Å². The second-order valence-electron chi connectivity index (χ2n) is 4.91. The number of benzene rings is 1. The molecule has 2 aromatic heterocycles. The largest absolute Gasteiger partial charge is 0.465 e. The normalized spacial score (nSPS) is 10.7. The molecule has 0 aliphatic rings. The smallest absolute Gasteiger partial charge is 0.337 e. The second-order valence-corrected chi connectivity index (χ2v) is 4.91. The van der Waals surface area contributed by atoms with Gasteiger partial charge in [0.2, 0.25) is 11.7 Å². The number of nitrogens with one attached hydrogen (secondary N) is 1. The van der Waals surface area contributed by atoms with Crippen molar-refractivity contribution in [3.63, 3.8) is 0 Å². The lowest BCUT2D eigenvalue weighted by atomic mass is 10.2. The summed E-state index contributed by atoms with van der Waals surface area (Å²) in [7, 11) is 3.08. The van der Waals surface area contributed by atoms with Crippen LogP contribution in [0.15, 0.2) is 29.0 Å². The quantitative estimate of drug-likeness (QED) is 0.741. The predicted molar refractivity (Wildman–Crippen MR) is 81.2 cm³/mol. The molecular formula is C15H14N4O4. The molecule has 0 unspecified atom stereocenters. The first kappa shape index (κ1) is 14.8. The summed E-state index contributed by atoms with van der Waals surface area (Å²) in [5, 5.41) is 2.67. The van der Waals surface area contributed by atoms with Gasteiger partial charge in [-0.2, -0.15) is 0 Å². The van der Waals surface area contributed by atoms with Crippen LogP contribution in [0.25, 0.3) is 11.0 Å². The van der Waals surface area contributed by atoms with Crippen LogP contribution in [0.2, 0.25) is 0 Å². The number of oxazole rings is 1. The molecule has 0 saturated carbocycles. The minimum Gasteiger partial charge on any atom is -0.465 e. The van der Waals surface area contributed by atoms with Gasteiger partial charge in [-0.05, 0) is 25.1 Å². The summed E-state index contributed by atoms with van der Waals surface area (Å²) in [5.41, 5.74) is 2.22. The number of nitrogens with zero attached hydrogens (tertiary/aromatic N) is 3. The van der Waals surface area contributed by atoms with Crippen molar-refractivity contribution in [3.05, 3.63) is 41.6 Å². The fourth-order valence-corrected chi connectivity index (χ4v) is 2.23. The highest BCUT2D eigenvalue weighted by Gasteiger charge is 2.18. The lowest BCUT2D eigenvalue weighted by molar-refractivity contribution is 0.0600. The summed E-state index contributed by atoms with van der Waals surface area (Å²) >= 11 is 0. The standard InChI is InChI=1S/C15H14N4O4/c1-8-12(23-7-16-8)13(20)18-15-17-10-6-9(14(21)22-3)4-5-11(10)19(15)2/h4-7H,1-3H3,(H,17,18,20). The molecule has 1 amide bonds. The molecule has 8 nitrogen and oxygen atoms in total. The highest BCUT2D eigenvalue weighted by atomic mass is 16.5. The Morgan fingerprint density at radius 3 is 2.78 bits per heavy atom. The molecule has 8 heteroatoms. The Morgan fingerprint density at radius 1 is 1.35 bits per heavy atom. The van der Waals surface area contributed by atoms with Crippen molar-refractivity contribution in [2.75, 3.05) is 12.4 Å². The number of rotatable bonds is 3. The number of aryl methyl sites for hydroxylation is 2. The molecule has 0 spiro atoms. The first-order valence-corrected chi connectivity index (χ1v) is 6.77. The first-order valence-electron chi connectivity index (χ1n) is 6.77. The van der Waals surface area contributed by atoms with E-state index < -0.39 is 11.9 Å². The van der Waals surface area contributed by atoms with Gasteiger partial charge in [-0.25, -0.2) is 14.8 Å². The number of esters is 1. The molecule has 0 aliphatic heterocycles. The Kier molecular flexibility index (Phi) is 3.57. The van der Waals surface area contributed by atoms with Crippen molar-refractivity contribution < 1.29 is 18.7 Å². The molecule has 0 aliphatic carbocycles. The van der Waals surface area contributed by atoms with E-state index in [0.717, 1.165) is 5.52 Å². The number of amides is 1. The van der Waals surface area contributed by atoms with Gasteiger partial charge < -0.3 is 13.7 Å². The van der Waals surface area contributed by atoms with Gasteiger partial charge in [0.1, 0.15) is 0 Å². The fourth-order valence-electron chi connectivity index (χ4n) is 2.23. The van der Waals surface area contributed by atoms with E-state index in [1.54, 1.807) is 36.7 Å². The summed E-state index contributed by atoms with van der Waals surface area (Å²) < 4.78 is 11.5. The van der Waals surface area contributed by atoms with E-state index in [9.17, 15) is 9.59 Å². The SMILES string of the molecule is COC(=O)c1ccc2c(c1)nc(NC(=O)c1ocnc1C)n2C. The highest BCUT2D eigenvalue weighted by Crippen LogP contribution is 2.21. The zero-order valence-corrected chi connectivity index (χ0v) is 12.8. The predicted octanol–water partition coefficient (Wildman–Crippen LogP) is 1.91. The van der Waals surface area contributed by atoms with E-state index in [-0.39, 0.29) is 5.76 Å². The Bertz CT molecular complexity index is 909. The van der Waals surface area contributed by atoms with Crippen molar-refractivity contribution in [2.45, 2.75) is 6.92 Å². The van der Waals surface area contributed by atoms with Crippen LogP contribution in [0.5, 0.6) is 0 Å². The lowest BCUT2D eigenvalue weighted by Crippen LogP contribution is -2.15. The molecule has 1 N–H and O–H groups in total. The summed E-state index contributed by atoms with van der Waals surface area (Å²) in [6, 6.07) is 4.99. The van der Waals surface area contributed by atoms with Crippen LogP contribution in [0.3, 0.4) is 0 Å². The van der Waals surface area contributed by atoms with Gasteiger partial charge in [-0.3, -0.25) is 10.1 Å². The average molecular weight is 314 g/mol. The Labute approximate surface area is 131 Å². The molecule has 0 atom stereocenters. The molecule has 0 saturated heterocycles. The van der Waals surface area contributed by atoms with E-state index in [0.29, 0.717) is 22.7 Å². The Balaban J connectivity index is 1.95. The van der Waals surface area contributed by atoms with Gasteiger partial charge in [0.05, 0.1) is 29.4 Å². The molecule has 1 aromatic carbocycles. The van der Waals surface area contributed by atoms with Gasteiger partial charge in [-0.15, -0.1) is 0 Å². The number of methoxy groups -OCH3 is 1. The molecule has 2 heterocycles. The minimum atomic E-state index is -0.444. The van der Waals surface area contributed by atoms with Crippen molar-refractivity contribution in [1.82, 2.24) is 14.5 Å².